The Hall–Kier alpha value is -3.26. The van der Waals surface area contributed by atoms with Crippen molar-refractivity contribution in [3.63, 3.8) is 0 Å². The Labute approximate surface area is 212 Å². The molecule has 0 unspecified atom stereocenters. The third-order valence-electron chi connectivity index (χ3n) is 7.67. The van der Waals surface area contributed by atoms with Crippen molar-refractivity contribution in [1.29, 1.82) is 0 Å². The molecular formula is C28H34N4O4. The Morgan fingerprint density at radius 2 is 1.94 bits per heavy atom. The molecule has 0 N–H and O–H groups in total. The number of ether oxygens (including phenoxy) is 1. The number of benzene rings is 1. The summed E-state index contributed by atoms with van der Waals surface area (Å²) in [7, 11) is 1.61. The summed E-state index contributed by atoms with van der Waals surface area (Å²) in [6, 6.07) is 9.54. The number of fused-ring (bicyclic) bond motifs is 1. The summed E-state index contributed by atoms with van der Waals surface area (Å²) in [5.41, 5.74) is 2.78. The number of imide groups is 1. The van der Waals surface area contributed by atoms with Crippen LogP contribution in [0, 0.1) is 5.92 Å². The summed E-state index contributed by atoms with van der Waals surface area (Å²) in [4.78, 5) is 49.8. The second-order valence-electron chi connectivity index (χ2n) is 9.92. The number of pyridine rings is 1. The SMILES string of the molecule is COCCCN1C(=O)c2cccc(N3CCC[C@H](C(=O)N4CCCC[C@H]4c4cccnc4)C3)c2C1=O. The summed E-state index contributed by atoms with van der Waals surface area (Å²) in [6.07, 6.45) is 9.01. The highest BCUT2D eigenvalue weighted by atomic mass is 16.5. The van der Waals surface area contributed by atoms with Crippen molar-refractivity contribution in [2.24, 2.45) is 5.92 Å². The average molecular weight is 491 g/mol. The molecule has 5 rings (SSSR count). The van der Waals surface area contributed by atoms with Gasteiger partial charge in [0.15, 0.2) is 0 Å². The number of carbonyl (C=O) groups excluding carboxylic acids is 3. The van der Waals surface area contributed by atoms with E-state index in [0.717, 1.165) is 56.4 Å². The fourth-order valence-corrected chi connectivity index (χ4v) is 5.90. The summed E-state index contributed by atoms with van der Waals surface area (Å²) in [6.45, 7) is 2.91. The number of hydrogen-bond donors (Lipinski definition) is 0. The van der Waals surface area contributed by atoms with Gasteiger partial charge in [0.05, 0.1) is 28.8 Å². The van der Waals surface area contributed by atoms with Crippen molar-refractivity contribution >= 4 is 23.4 Å². The number of likely N-dealkylation sites (tertiary alicyclic amines) is 1. The summed E-state index contributed by atoms with van der Waals surface area (Å²) >= 11 is 0. The molecule has 2 aromatic rings. The molecule has 36 heavy (non-hydrogen) atoms. The largest absolute Gasteiger partial charge is 0.385 e. The van der Waals surface area contributed by atoms with Gasteiger partial charge < -0.3 is 14.5 Å². The number of hydrogen-bond acceptors (Lipinski definition) is 6. The van der Waals surface area contributed by atoms with E-state index in [1.165, 1.54) is 4.90 Å². The minimum atomic E-state index is -0.247. The highest BCUT2D eigenvalue weighted by molar-refractivity contribution is 6.23. The summed E-state index contributed by atoms with van der Waals surface area (Å²) in [5.74, 6) is -0.450. The molecule has 2 saturated heterocycles. The number of methoxy groups -OCH3 is 1. The zero-order valence-electron chi connectivity index (χ0n) is 20.9. The molecule has 0 bridgehead atoms. The van der Waals surface area contributed by atoms with E-state index in [1.54, 1.807) is 19.4 Å². The molecule has 2 fully saturated rings. The molecule has 3 aliphatic rings. The molecule has 8 heteroatoms. The van der Waals surface area contributed by atoms with Gasteiger partial charge in [-0.3, -0.25) is 24.3 Å². The topological polar surface area (TPSA) is 83.1 Å². The lowest BCUT2D eigenvalue weighted by Crippen LogP contribution is -2.47. The minimum absolute atomic E-state index is 0.0659. The minimum Gasteiger partial charge on any atom is -0.385 e. The van der Waals surface area contributed by atoms with Crippen molar-refractivity contribution in [2.45, 2.75) is 44.6 Å². The molecule has 3 aliphatic heterocycles. The second-order valence-corrected chi connectivity index (χ2v) is 9.92. The molecular weight excluding hydrogens is 456 g/mol. The first kappa shape index (κ1) is 24.4. The Balaban J connectivity index is 1.35. The molecule has 8 nitrogen and oxygen atoms in total. The van der Waals surface area contributed by atoms with Gasteiger partial charge in [0, 0.05) is 52.3 Å². The molecule has 4 heterocycles. The second kappa shape index (κ2) is 10.8. The molecule has 2 atom stereocenters. The van der Waals surface area contributed by atoms with Crippen LogP contribution in [0.2, 0.25) is 0 Å². The van der Waals surface area contributed by atoms with Crippen LogP contribution in [-0.4, -0.2) is 72.4 Å². The predicted molar refractivity (Wildman–Crippen MR) is 136 cm³/mol. The van der Waals surface area contributed by atoms with Crippen molar-refractivity contribution in [2.75, 3.05) is 44.8 Å². The number of piperidine rings is 2. The van der Waals surface area contributed by atoms with Crippen LogP contribution in [0.25, 0.3) is 0 Å². The van der Waals surface area contributed by atoms with Gasteiger partial charge in [-0.05, 0) is 62.3 Å². The molecule has 3 amide bonds. The third kappa shape index (κ3) is 4.62. The van der Waals surface area contributed by atoms with Crippen LogP contribution in [0.3, 0.4) is 0 Å². The van der Waals surface area contributed by atoms with Crippen LogP contribution in [0.1, 0.15) is 70.8 Å². The number of carbonyl (C=O) groups is 3. The fraction of sp³-hybridized carbons (Fsp3) is 0.500. The smallest absolute Gasteiger partial charge is 0.263 e. The molecule has 1 aromatic carbocycles. The van der Waals surface area contributed by atoms with Crippen molar-refractivity contribution < 1.29 is 19.1 Å². The number of rotatable bonds is 7. The maximum atomic E-state index is 13.8. The van der Waals surface area contributed by atoms with Crippen molar-refractivity contribution in [3.05, 3.63) is 59.4 Å². The zero-order valence-corrected chi connectivity index (χ0v) is 20.9. The molecule has 0 radical (unpaired) electrons. The summed E-state index contributed by atoms with van der Waals surface area (Å²) < 4.78 is 5.09. The maximum Gasteiger partial charge on any atom is 0.263 e. The van der Waals surface area contributed by atoms with Crippen molar-refractivity contribution in [3.8, 4) is 0 Å². The van der Waals surface area contributed by atoms with Gasteiger partial charge in [0.2, 0.25) is 5.91 Å². The van der Waals surface area contributed by atoms with E-state index in [4.69, 9.17) is 4.74 Å². The lowest BCUT2D eigenvalue weighted by atomic mass is 9.91. The van der Waals surface area contributed by atoms with E-state index >= 15 is 0 Å². The Morgan fingerprint density at radius 3 is 2.75 bits per heavy atom. The molecule has 190 valence electrons. The number of amides is 3. The van der Waals surface area contributed by atoms with Gasteiger partial charge in [-0.1, -0.05) is 12.1 Å². The molecule has 0 saturated carbocycles. The average Bonchev–Trinajstić information content (AvgIpc) is 3.18. The number of nitrogens with zero attached hydrogens (tertiary/aromatic N) is 4. The van der Waals surface area contributed by atoms with E-state index < -0.39 is 0 Å². The van der Waals surface area contributed by atoms with E-state index in [9.17, 15) is 14.4 Å². The van der Waals surface area contributed by atoms with Gasteiger partial charge in [0.25, 0.3) is 11.8 Å². The molecule has 0 spiro atoms. The van der Waals surface area contributed by atoms with Crippen LogP contribution < -0.4 is 4.90 Å². The lowest BCUT2D eigenvalue weighted by Gasteiger charge is -2.41. The number of anilines is 1. The van der Waals surface area contributed by atoms with E-state index in [-0.39, 0.29) is 29.7 Å². The first-order valence-corrected chi connectivity index (χ1v) is 13.0. The van der Waals surface area contributed by atoms with Gasteiger partial charge in [-0.2, -0.15) is 0 Å². The van der Waals surface area contributed by atoms with E-state index in [1.807, 2.05) is 24.4 Å². The fourth-order valence-electron chi connectivity index (χ4n) is 5.90. The van der Waals surface area contributed by atoms with Crippen molar-refractivity contribution in [1.82, 2.24) is 14.8 Å². The van der Waals surface area contributed by atoms with Gasteiger partial charge in [0.1, 0.15) is 0 Å². The van der Waals surface area contributed by atoms with Crippen LogP contribution in [0.15, 0.2) is 42.7 Å². The third-order valence-corrected chi connectivity index (χ3v) is 7.67. The number of aromatic nitrogens is 1. The lowest BCUT2D eigenvalue weighted by molar-refractivity contribution is -0.139. The Morgan fingerprint density at radius 1 is 1.06 bits per heavy atom. The first-order chi connectivity index (χ1) is 17.6. The predicted octanol–water partition coefficient (Wildman–Crippen LogP) is 3.68. The van der Waals surface area contributed by atoms with Gasteiger partial charge in [-0.15, -0.1) is 0 Å². The van der Waals surface area contributed by atoms with Crippen LogP contribution in [0.4, 0.5) is 5.69 Å². The molecule has 0 aliphatic carbocycles. The first-order valence-electron chi connectivity index (χ1n) is 13.0. The quantitative estimate of drug-likeness (QED) is 0.435. The highest BCUT2D eigenvalue weighted by Gasteiger charge is 2.40. The van der Waals surface area contributed by atoms with E-state index in [0.29, 0.717) is 37.2 Å². The standard InChI is InChI=1S/C28H34N4O4/c1-36-17-7-16-32-27(34)22-10-4-12-24(25(22)28(32)35)30-14-6-9-21(19-30)26(33)31-15-3-2-11-23(31)20-8-5-13-29-18-20/h4-5,8,10,12-13,18,21,23H,2-3,6-7,9,11,14-17,19H2,1H3/t21-,23-/m0/s1. The Kier molecular flexibility index (Phi) is 7.32. The maximum absolute atomic E-state index is 13.8. The monoisotopic (exact) mass is 490 g/mol. The molecule has 1 aromatic heterocycles. The normalized spacial score (nSPS) is 22.2. The zero-order chi connectivity index (χ0) is 25.1. The Bertz CT molecular complexity index is 1120. The summed E-state index contributed by atoms with van der Waals surface area (Å²) in [5, 5.41) is 0. The highest BCUT2D eigenvalue weighted by Crippen LogP contribution is 2.36. The van der Waals surface area contributed by atoms with Gasteiger partial charge >= 0.3 is 0 Å². The van der Waals surface area contributed by atoms with Crippen LogP contribution >= 0.6 is 0 Å². The van der Waals surface area contributed by atoms with Crippen LogP contribution in [-0.2, 0) is 9.53 Å². The van der Waals surface area contributed by atoms with Gasteiger partial charge in [-0.25, -0.2) is 0 Å². The van der Waals surface area contributed by atoms with E-state index in [2.05, 4.69) is 20.9 Å². The van der Waals surface area contributed by atoms with Crippen LogP contribution in [0.5, 0.6) is 0 Å².